The highest BCUT2D eigenvalue weighted by molar-refractivity contribution is 7.89. The number of hydrogen-bond donors (Lipinski definition) is 1. The van der Waals surface area contributed by atoms with Crippen LogP contribution in [0.3, 0.4) is 0 Å². The number of anilines is 1. The van der Waals surface area contributed by atoms with E-state index >= 15 is 0 Å². The van der Waals surface area contributed by atoms with E-state index in [1.54, 1.807) is 61.7 Å². The third-order valence-corrected chi connectivity index (χ3v) is 7.56. The summed E-state index contributed by atoms with van der Waals surface area (Å²) in [7, 11) is -0.746. The van der Waals surface area contributed by atoms with Gasteiger partial charge in [0.05, 0.1) is 18.0 Å². The van der Waals surface area contributed by atoms with Crippen LogP contribution in [0.2, 0.25) is 0 Å². The summed E-state index contributed by atoms with van der Waals surface area (Å²) in [4.78, 5) is 13.3. The highest BCUT2D eigenvalue weighted by atomic mass is 32.2. The van der Waals surface area contributed by atoms with E-state index in [1.165, 1.54) is 11.4 Å². The molecule has 0 aliphatic carbocycles. The average molecular weight is 467 g/mol. The number of nitrogens with zero attached hydrogens (tertiary/aromatic N) is 1. The number of hydrogen-bond acceptors (Lipinski definition) is 4. The summed E-state index contributed by atoms with van der Waals surface area (Å²) in [5.74, 6) is 0.391. The smallest absolute Gasteiger partial charge is 0.243 e. The molecule has 0 saturated carbocycles. The first-order valence-electron chi connectivity index (χ1n) is 10.7. The summed E-state index contributed by atoms with van der Waals surface area (Å²) in [5.41, 5.74) is 4.50. The molecule has 0 heterocycles. The Bertz CT molecular complexity index is 1200. The number of carbonyl (C=O) groups excluding carboxylic acids is 1. The molecular weight excluding hydrogens is 436 g/mol. The monoisotopic (exact) mass is 466 g/mol. The van der Waals surface area contributed by atoms with Crippen LogP contribution in [0.4, 0.5) is 5.69 Å². The van der Waals surface area contributed by atoms with Crippen LogP contribution in [-0.4, -0.2) is 32.8 Å². The fourth-order valence-electron chi connectivity index (χ4n) is 3.95. The molecule has 0 aromatic heterocycles. The lowest BCUT2D eigenvalue weighted by molar-refractivity contribution is -0.117. The van der Waals surface area contributed by atoms with Crippen LogP contribution in [-0.2, 0) is 14.8 Å². The number of rotatable bonds is 8. The highest BCUT2D eigenvalue weighted by Crippen LogP contribution is 2.31. The van der Waals surface area contributed by atoms with Crippen LogP contribution in [0, 0.1) is 20.8 Å². The number of nitrogens with one attached hydrogen (secondary N) is 1. The van der Waals surface area contributed by atoms with E-state index in [4.69, 9.17) is 4.74 Å². The summed E-state index contributed by atoms with van der Waals surface area (Å²) >= 11 is 0. The molecule has 0 radical (unpaired) electrons. The van der Waals surface area contributed by atoms with Crippen LogP contribution in [0.15, 0.2) is 71.6 Å². The van der Waals surface area contributed by atoms with Gasteiger partial charge in [0.1, 0.15) is 5.75 Å². The zero-order valence-corrected chi connectivity index (χ0v) is 20.4. The van der Waals surface area contributed by atoms with E-state index in [0.29, 0.717) is 11.3 Å². The Hall–Kier alpha value is -3.16. The van der Waals surface area contributed by atoms with Crippen molar-refractivity contribution in [2.45, 2.75) is 38.1 Å². The van der Waals surface area contributed by atoms with Crippen molar-refractivity contribution in [2.24, 2.45) is 0 Å². The van der Waals surface area contributed by atoms with Crippen LogP contribution in [0.25, 0.3) is 0 Å². The largest absolute Gasteiger partial charge is 0.497 e. The second kappa shape index (κ2) is 10.2. The van der Waals surface area contributed by atoms with Crippen LogP contribution >= 0.6 is 0 Å². The molecule has 33 heavy (non-hydrogen) atoms. The van der Waals surface area contributed by atoms with Gasteiger partial charge < -0.3 is 10.1 Å². The molecule has 0 fully saturated rings. The maximum Gasteiger partial charge on any atom is 0.243 e. The molecule has 1 N–H and O–H groups in total. The molecule has 1 amide bonds. The number of sulfonamides is 1. The second-order valence-corrected chi connectivity index (χ2v) is 10.1. The Morgan fingerprint density at radius 3 is 2.09 bits per heavy atom. The van der Waals surface area contributed by atoms with E-state index in [1.807, 2.05) is 32.9 Å². The number of amides is 1. The van der Waals surface area contributed by atoms with Gasteiger partial charge in [0.25, 0.3) is 0 Å². The molecule has 3 aromatic rings. The zero-order valence-electron chi connectivity index (χ0n) is 19.6. The molecule has 3 rings (SSSR count). The van der Waals surface area contributed by atoms with Gasteiger partial charge in [-0.25, -0.2) is 8.42 Å². The van der Waals surface area contributed by atoms with Crippen molar-refractivity contribution >= 4 is 21.6 Å². The maximum absolute atomic E-state index is 13.3. The Morgan fingerprint density at radius 2 is 1.55 bits per heavy atom. The van der Waals surface area contributed by atoms with Crippen molar-refractivity contribution in [3.05, 3.63) is 89.0 Å². The molecule has 174 valence electrons. The lowest BCUT2D eigenvalue weighted by atomic mass is 10.0. The molecule has 7 heteroatoms. The second-order valence-electron chi connectivity index (χ2n) is 8.15. The van der Waals surface area contributed by atoms with Gasteiger partial charge in [-0.15, -0.1) is 0 Å². The minimum absolute atomic E-state index is 0.0400. The third kappa shape index (κ3) is 5.61. The zero-order chi connectivity index (χ0) is 24.2. The standard InChI is InChI=1S/C26H30N2O4S/c1-18-15-19(2)26(20(3)16-18)27-25(29)17-24(21-11-13-22(32-5)14-12-21)28(4)33(30,31)23-9-7-6-8-10-23/h6-16,24H,17H2,1-5H3,(H,27,29)/t24-/m0/s1. The lowest BCUT2D eigenvalue weighted by Gasteiger charge is -2.28. The Morgan fingerprint density at radius 1 is 0.970 bits per heavy atom. The molecule has 3 aromatic carbocycles. The van der Waals surface area contributed by atoms with E-state index in [-0.39, 0.29) is 17.2 Å². The molecule has 6 nitrogen and oxygen atoms in total. The van der Waals surface area contributed by atoms with Gasteiger partial charge in [-0.05, 0) is 61.7 Å². The lowest BCUT2D eigenvalue weighted by Crippen LogP contribution is -2.34. The fourth-order valence-corrected chi connectivity index (χ4v) is 5.32. The molecule has 0 unspecified atom stereocenters. The Labute approximate surface area is 196 Å². The normalized spacial score (nSPS) is 12.4. The van der Waals surface area contributed by atoms with E-state index in [2.05, 4.69) is 5.32 Å². The first-order chi connectivity index (χ1) is 15.6. The number of ether oxygens (including phenoxy) is 1. The first-order valence-corrected chi connectivity index (χ1v) is 12.1. The molecule has 1 atom stereocenters. The molecule has 0 aliphatic rings. The van der Waals surface area contributed by atoms with Gasteiger partial charge in [-0.3, -0.25) is 4.79 Å². The molecule has 0 spiro atoms. The summed E-state index contributed by atoms with van der Waals surface area (Å²) in [6, 6.07) is 18.6. The number of methoxy groups -OCH3 is 1. The van der Waals surface area contributed by atoms with E-state index in [0.717, 1.165) is 22.4 Å². The SMILES string of the molecule is COc1ccc([C@H](CC(=O)Nc2c(C)cc(C)cc2C)N(C)S(=O)(=O)c2ccccc2)cc1. The topological polar surface area (TPSA) is 75.7 Å². The van der Waals surface area contributed by atoms with Gasteiger partial charge in [0, 0.05) is 19.2 Å². The number of carbonyl (C=O) groups is 1. The van der Waals surface area contributed by atoms with Crippen LogP contribution in [0.1, 0.15) is 34.7 Å². The van der Waals surface area contributed by atoms with E-state index < -0.39 is 16.1 Å². The average Bonchev–Trinajstić information content (AvgIpc) is 2.80. The van der Waals surface area contributed by atoms with Crippen molar-refractivity contribution in [3.8, 4) is 5.75 Å². The van der Waals surface area contributed by atoms with Gasteiger partial charge in [-0.2, -0.15) is 4.31 Å². The molecule has 0 saturated heterocycles. The Kier molecular flexibility index (Phi) is 7.56. The number of benzene rings is 3. The Balaban J connectivity index is 1.94. The minimum Gasteiger partial charge on any atom is -0.497 e. The molecular formula is C26H30N2O4S. The predicted molar refractivity (Wildman–Crippen MR) is 131 cm³/mol. The fraction of sp³-hybridized carbons (Fsp3) is 0.269. The highest BCUT2D eigenvalue weighted by Gasteiger charge is 2.31. The van der Waals surface area contributed by atoms with Crippen molar-refractivity contribution < 1.29 is 17.9 Å². The first kappa shape index (κ1) is 24.5. The summed E-state index contributed by atoms with van der Waals surface area (Å²) in [6.07, 6.45) is -0.0400. The van der Waals surface area contributed by atoms with Crippen molar-refractivity contribution in [1.29, 1.82) is 0 Å². The summed E-state index contributed by atoms with van der Waals surface area (Å²) in [6.45, 7) is 5.90. The quantitative estimate of drug-likeness (QED) is 0.506. The predicted octanol–water partition coefficient (Wildman–Crippen LogP) is 5.01. The van der Waals surface area contributed by atoms with Crippen molar-refractivity contribution in [1.82, 2.24) is 4.31 Å². The van der Waals surface area contributed by atoms with Gasteiger partial charge >= 0.3 is 0 Å². The van der Waals surface area contributed by atoms with Crippen LogP contribution in [0.5, 0.6) is 5.75 Å². The molecule has 0 bridgehead atoms. The summed E-state index contributed by atoms with van der Waals surface area (Å²) < 4.78 is 33.1. The minimum atomic E-state index is -3.82. The molecule has 0 aliphatic heterocycles. The maximum atomic E-state index is 13.3. The van der Waals surface area contributed by atoms with Crippen molar-refractivity contribution in [3.63, 3.8) is 0 Å². The van der Waals surface area contributed by atoms with E-state index in [9.17, 15) is 13.2 Å². The van der Waals surface area contributed by atoms with Gasteiger partial charge in [0.15, 0.2) is 0 Å². The van der Waals surface area contributed by atoms with Crippen LogP contribution < -0.4 is 10.1 Å². The van der Waals surface area contributed by atoms with Gasteiger partial charge in [-0.1, -0.05) is 48.0 Å². The van der Waals surface area contributed by atoms with Gasteiger partial charge in [0.2, 0.25) is 15.9 Å². The number of aryl methyl sites for hydroxylation is 3. The van der Waals surface area contributed by atoms with Crippen molar-refractivity contribution in [2.75, 3.05) is 19.5 Å². The third-order valence-electron chi connectivity index (χ3n) is 5.68. The summed E-state index contributed by atoms with van der Waals surface area (Å²) in [5, 5.41) is 2.99.